The number of aliphatic hydroxyl groups is 1. The number of hydrogen-bond donors (Lipinski definition) is 2. The van der Waals surface area contributed by atoms with Gasteiger partial charge < -0.3 is 20.1 Å². The number of benzene rings is 1. The van der Waals surface area contributed by atoms with Crippen molar-refractivity contribution in [1.29, 1.82) is 0 Å². The first-order valence-electron chi connectivity index (χ1n) is 11.3. The van der Waals surface area contributed by atoms with E-state index in [0.717, 1.165) is 31.2 Å². The molecule has 1 aliphatic carbocycles. The molecule has 0 spiro atoms. The third kappa shape index (κ3) is 6.59. The van der Waals surface area contributed by atoms with E-state index >= 15 is 0 Å². The summed E-state index contributed by atoms with van der Waals surface area (Å²) in [6.45, 7) is 7.27. The maximum atomic E-state index is 13.0. The number of carbonyl (C=O) groups excluding carboxylic acids is 2. The highest BCUT2D eigenvalue weighted by Crippen LogP contribution is 2.35. The van der Waals surface area contributed by atoms with Crippen LogP contribution in [0.15, 0.2) is 24.3 Å². The van der Waals surface area contributed by atoms with Crippen LogP contribution in [0.2, 0.25) is 5.02 Å². The second kappa shape index (κ2) is 9.78. The van der Waals surface area contributed by atoms with E-state index in [-0.39, 0.29) is 17.9 Å². The normalized spacial score (nSPS) is 23.8. The fraction of sp³-hybridized carbons (Fsp3) is 0.667. The van der Waals surface area contributed by atoms with E-state index < -0.39 is 11.2 Å². The molecule has 1 heterocycles. The van der Waals surface area contributed by atoms with Gasteiger partial charge in [0.15, 0.2) is 0 Å². The SMILES string of the molecule is CC(C)(C)OC(=O)NCC1CCC(C(=O)N2CCC(O)(c3ccc(Cl)cc3)CC2)CC1. The summed E-state index contributed by atoms with van der Waals surface area (Å²) in [6.07, 6.45) is 4.23. The predicted molar refractivity (Wildman–Crippen MR) is 121 cm³/mol. The van der Waals surface area contributed by atoms with Crippen LogP contribution in [-0.4, -0.2) is 47.2 Å². The van der Waals surface area contributed by atoms with Gasteiger partial charge in [-0.3, -0.25) is 4.79 Å². The smallest absolute Gasteiger partial charge is 0.407 e. The standard InChI is InChI=1S/C24H35ClN2O4/c1-23(2,3)31-22(29)26-16-17-4-6-18(7-5-17)21(28)27-14-12-24(30,13-15-27)19-8-10-20(25)11-9-19/h8-11,17-18,30H,4-7,12-16H2,1-3H3,(H,26,29). The van der Waals surface area contributed by atoms with E-state index in [1.807, 2.05) is 37.8 Å². The molecule has 1 aliphatic heterocycles. The first-order valence-corrected chi connectivity index (χ1v) is 11.7. The fourth-order valence-electron chi connectivity index (χ4n) is 4.56. The van der Waals surface area contributed by atoms with Crippen molar-refractivity contribution in [3.8, 4) is 0 Å². The zero-order valence-electron chi connectivity index (χ0n) is 18.8. The van der Waals surface area contributed by atoms with Gasteiger partial charge in [0, 0.05) is 30.6 Å². The Morgan fingerprint density at radius 3 is 2.26 bits per heavy atom. The van der Waals surface area contributed by atoms with Gasteiger partial charge in [-0.15, -0.1) is 0 Å². The van der Waals surface area contributed by atoms with Gasteiger partial charge in [0.05, 0.1) is 5.60 Å². The van der Waals surface area contributed by atoms with Gasteiger partial charge in [0.25, 0.3) is 0 Å². The van der Waals surface area contributed by atoms with Crippen LogP contribution in [0.25, 0.3) is 0 Å². The summed E-state index contributed by atoms with van der Waals surface area (Å²) in [5.74, 6) is 0.629. The Morgan fingerprint density at radius 1 is 1.13 bits per heavy atom. The summed E-state index contributed by atoms with van der Waals surface area (Å²) in [6, 6.07) is 7.32. The lowest BCUT2D eigenvalue weighted by molar-refractivity contribution is -0.141. The highest BCUT2D eigenvalue weighted by atomic mass is 35.5. The lowest BCUT2D eigenvalue weighted by atomic mass is 9.80. The number of amides is 2. The summed E-state index contributed by atoms with van der Waals surface area (Å²) in [4.78, 5) is 26.8. The molecule has 172 valence electrons. The molecule has 2 N–H and O–H groups in total. The molecule has 1 saturated carbocycles. The first kappa shape index (κ1) is 23.9. The van der Waals surface area contributed by atoms with Gasteiger partial charge in [-0.25, -0.2) is 4.79 Å². The van der Waals surface area contributed by atoms with E-state index in [4.69, 9.17) is 16.3 Å². The number of piperidine rings is 1. The molecule has 31 heavy (non-hydrogen) atoms. The van der Waals surface area contributed by atoms with Gasteiger partial charge in [-0.1, -0.05) is 23.7 Å². The first-order chi connectivity index (χ1) is 14.6. The topological polar surface area (TPSA) is 78.9 Å². The molecule has 0 atom stereocenters. The summed E-state index contributed by atoms with van der Waals surface area (Å²) in [5, 5.41) is 14.5. The van der Waals surface area contributed by atoms with Crippen molar-refractivity contribution in [2.75, 3.05) is 19.6 Å². The maximum Gasteiger partial charge on any atom is 0.407 e. The van der Waals surface area contributed by atoms with Crippen LogP contribution in [0.1, 0.15) is 64.9 Å². The quantitative estimate of drug-likeness (QED) is 0.708. The zero-order chi connectivity index (χ0) is 22.6. The summed E-state index contributed by atoms with van der Waals surface area (Å²) >= 11 is 5.96. The van der Waals surface area contributed by atoms with Crippen LogP contribution in [0.3, 0.4) is 0 Å². The average Bonchev–Trinajstić information content (AvgIpc) is 2.72. The van der Waals surface area contributed by atoms with Crippen molar-refractivity contribution in [1.82, 2.24) is 10.2 Å². The fourth-order valence-corrected chi connectivity index (χ4v) is 4.69. The predicted octanol–water partition coefficient (Wildman–Crippen LogP) is 4.48. The lowest BCUT2D eigenvalue weighted by Crippen LogP contribution is -2.47. The van der Waals surface area contributed by atoms with Gasteiger partial charge in [-0.05, 0) is 82.9 Å². The molecule has 0 radical (unpaired) electrons. The van der Waals surface area contributed by atoms with Gasteiger partial charge in [0.1, 0.15) is 5.60 Å². The number of carbonyl (C=O) groups is 2. The Bertz CT molecular complexity index is 759. The number of ether oxygens (including phenoxy) is 1. The van der Waals surface area contributed by atoms with E-state index in [1.54, 1.807) is 12.1 Å². The minimum atomic E-state index is -0.896. The van der Waals surface area contributed by atoms with E-state index in [1.165, 1.54) is 0 Å². The van der Waals surface area contributed by atoms with Crippen LogP contribution >= 0.6 is 11.6 Å². The van der Waals surface area contributed by atoms with Gasteiger partial charge in [-0.2, -0.15) is 0 Å². The summed E-state index contributed by atoms with van der Waals surface area (Å²) in [7, 11) is 0. The summed E-state index contributed by atoms with van der Waals surface area (Å²) < 4.78 is 5.28. The molecule has 0 aromatic heterocycles. The Kier molecular flexibility index (Phi) is 7.53. The third-order valence-corrected chi connectivity index (χ3v) is 6.67. The van der Waals surface area contributed by atoms with Crippen molar-refractivity contribution < 1.29 is 19.4 Å². The number of alkyl carbamates (subject to hydrolysis) is 1. The van der Waals surface area contributed by atoms with Crippen molar-refractivity contribution >= 4 is 23.6 Å². The van der Waals surface area contributed by atoms with Crippen molar-refractivity contribution in [3.05, 3.63) is 34.9 Å². The Balaban J connectivity index is 1.42. The van der Waals surface area contributed by atoms with E-state index in [9.17, 15) is 14.7 Å². The minimum Gasteiger partial charge on any atom is -0.444 e. The maximum absolute atomic E-state index is 13.0. The number of rotatable bonds is 4. The number of likely N-dealkylation sites (tertiary alicyclic amines) is 1. The molecule has 6 nitrogen and oxygen atoms in total. The van der Waals surface area contributed by atoms with E-state index in [2.05, 4.69) is 5.32 Å². The Labute approximate surface area is 190 Å². The number of nitrogens with zero attached hydrogens (tertiary/aromatic N) is 1. The molecular formula is C24H35ClN2O4. The molecule has 2 amide bonds. The molecule has 7 heteroatoms. The molecule has 1 saturated heterocycles. The monoisotopic (exact) mass is 450 g/mol. The number of halogens is 1. The number of nitrogens with one attached hydrogen (secondary N) is 1. The van der Waals surface area contributed by atoms with Crippen LogP contribution in [-0.2, 0) is 15.1 Å². The highest BCUT2D eigenvalue weighted by molar-refractivity contribution is 6.30. The zero-order valence-corrected chi connectivity index (χ0v) is 19.6. The Morgan fingerprint density at radius 2 is 1.71 bits per heavy atom. The van der Waals surface area contributed by atoms with Crippen LogP contribution in [0, 0.1) is 11.8 Å². The van der Waals surface area contributed by atoms with Crippen molar-refractivity contribution in [2.45, 2.75) is 70.5 Å². The number of hydrogen-bond acceptors (Lipinski definition) is 4. The minimum absolute atomic E-state index is 0.0412. The van der Waals surface area contributed by atoms with Crippen LogP contribution in [0.5, 0.6) is 0 Å². The van der Waals surface area contributed by atoms with Gasteiger partial charge >= 0.3 is 6.09 Å². The second-order valence-electron chi connectivity index (χ2n) is 9.96. The van der Waals surface area contributed by atoms with Crippen LogP contribution < -0.4 is 5.32 Å². The van der Waals surface area contributed by atoms with Crippen molar-refractivity contribution in [2.24, 2.45) is 11.8 Å². The largest absolute Gasteiger partial charge is 0.444 e. The van der Waals surface area contributed by atoms with E-state index in [0.29, 0.717) is 43.4 Å². The molecule has 0 bridgehead atoms. The van der Waals surface area contributed by atoms with Crippen LogP contribution in [0.4, 0.5) is 4.79 Å². The van der Waals surface area contributed by atoms with Crippen molar-refractivity contribution in [3.63, 3.8) is 0 Å². The molecule has 3 rings (SSSR count). The molecule has 2 aliphatic rings. The average molecular weight is 451 g/mol. The molecule has 0 unspecified atom stereocenters. The lowest BCUT2D eigenvalue weighted by Gasteiger charge is -2.40. The summed E-state index contributed by atoms with van der Waals surface area (Å²) in [5.41, 5.74) is -0.531. The molecule has 1 aromatic carbocycles. The molecule has 1 aromatic rings. The molecular weight excluding hydrogens is 416 g/mol. The highest BCUT2D eigenvalue weighted by Gasteiger charge is 2.37. The molecule has 2 fully saturated rings. The Hall–Kier alpha value is -1.79. The third-order valence-electron chi connectivity index (χ3n) is 6.41. The second-order valence-corrected chi connectivity index (χ2v) is 10.4. The van der Waals surface area contributed by atoms with Gasteiger partial charge in [0.2, 0.25) is 5.91 Å².